The monoisotopic (exact) mass is 209 g/mol. The third-order valence-corrected chi connectivity index (χ3v) is 2.54. The predicted molar refractivity (Wildman–Crippen MR) is 50.4 cm³/mol. The molecule has 1 saturated heterocycles. The van der Waals surface area contributed by atoms with Crippen LogP contribution in [0.5, 0.6) is 0 Å². The van der Waals surface area contributed by atoms with E-state index in [1.54, 1.807) is 16.7 Å². The Hall–Kier alpha value is -1.62. The average Bonchev–Trinajstić information content (AvgIpc) is 2.82. The van der Waals surface area contributed by atoms with Crippen molar-refractivity contribution in [3.05, 3.63) is 23.5 Å². The lowest BCUT2D eigenvalue weighted by Gasteiger charge is -2.13. The van der Waals surface area contributed by atoms with Crippen molar-refractivity contribution in [3.63, 3.8) is 0 Å². The van der Waals surface area contributed by atoms with Crippen LogP contribution in [-0.4, -0.2) is 28.5 Å². The molecule has 1 aliphatic rings. The van der Waals surface area contributed by atoms with Crippen molar-refractivity contribution in [1.29, 1.82) is 0 Å². The quantitative estimate of drug-likeness (QED) is 0.573. The molecule has 5 heteroatoms. The summed E-state index contributed by atoms with van der Waals surface area (Å²) in [7, 11) is 0. The van der Waals surface area contributed by atoms with Crippen molar-refractivity contribution in [2.45, 2.75) is 19.1 Å². The van der Waals surface area contributed by atoms with Gasteiger partial charge in [-0.15, -0.1) is 0 Å². The van der Waals surface area contributed by atoms with Crippen LogP contribution in [0.4, 0.5) is 0 Å². The molecule has 0 aromatic carbocycles. The van der Waals surface area contributed by atoms with Crippen molar-refractivity contribution in [3.8, 4) is 0 Å². The third-order valence-electron chi connectivity index (χ3n) is 2.54. The summed E-state index contributed by atoms with van der Waals surface area (Å²) in [6.07, 6.45) is 1.21. The average molecular weight is 209 g/mol. The lowest BCUT2D eigenvalue weighted by atomic mass is 10.2. The lowest BCUT2D eigenvalue weighted by Crippen LogP contribution is -2.18. The van der Waals surface area contributed by atoms with Crippen molar-refractivity contribution >= 4 is 12.3 Å². The molecular formula is C10H11NO4. The summed E-state index contributed by atoms with van der Waals surface area (Å²) in [5, 5.41) is 9.09. The first-order valence-electron chi connectivity index (χ1n) is 4.70. The van der Waals surface area contributed by atoms with E-state index in [0.717, 1.165) is 0 Å². The number of aldehydes is 1. The number of rotatable bonds is 3. The van der Waals surface area contributed by atoms with Gasteiger partial charge in [-0.1, -0.05) is 0 Å². The van der Waals surface area contributed by atoms with Gasteiger partial charge < -0.3 is 14.4 Å². The van der Waals surface area contributed by atoms with E-state index in [9.17, 15) is 9.59 Å². The zero-order valence-electron chi connectivity index (χ0n) is 8.05. The summed E-state index contributed by atoms with van der Waals surface area (Å²) < 4.78 is 6.37. The maximum absolute atomic E-state index is 11.4. The molecule has 1 aliphatic heterocycles. The second-order valence-electron chi connectivity index (χ2n) is 3.37. The number of aliphatic hydroxyl groups is 1. The summed E-state index contributed by atoms with van der Waals surface area (Å²) in [4.78, 5) is 22.1. The van der Waals surface area contributed by atoms with E-state index in [-0.39, 0.29) is 12.6 Å². The molecule has 1 atom stereocenters. The van der Waals surface area contributed by atoms with Gasteiger partial charge >= 0.3 is 5.97 Å². The van der Waals surface area contributed by atoms with E-state index in [4.69, 9.17) is 9.84 Å². The Bertz CT molecular complexity index is 396. The number of hydrogen-bond acceptors (Lipinski definition) is 4. The number of carbonyl (C=O) groups excluding carboxylic acids is 2. The highest BCUT2D eigenvalue weighted by molar-refractivity contribution is 5.79. The molecular weight excluding hydrogens is 198 g/mol. The van der Waals surface area contributed by atoms with E-state index in [1.807, 2.05) is 0 Å². The van der Waals surface area contributed by atoms with Crippen LogP contribution in [0, 0.1) is 0 Å². The Labute approximate surface area is 86.3 Å². The van der Waals surface area contributed by atoms with Crippen LogP contribution in [0.15, 0.2) is 12.1 Å². The summed E-state index contributed by atoms with van der Waals surface area (Å²) in [5.41, 5.74) is 0.948. The van der Waals surface area contributed by atoms with E-state index < -0.39 is 6.04 Å². The highest BCUT2D eigenvalue weighted by Crippen LogP contribution is 2.24. The number of nitrogens with zero attached hydrogens (tertiary/aromatic N) is 1. The second-order valence-corrected chi connectivity index (χ2v) is 3.37. The number of aromatic nitrogens is 1. The zero-order chi connectivity index (χ0) is 10.8. The lowest BCUT2D eigenvalue weighted by molar-refractivity contribution is -0.140. The number of esters is 1. The van der Waals surface area contributed by atoms with E-state index in [2.05, 4.69) is 0 Å². The van der Waals surface area contributed by atoms with Crippen LogP contribution in [0.3, 0.4) is 0 Å². The predicted octanol–water partition coefficient (Wildman–Crippen LogP) is 0.281. The molecule has 1 aromatic heterocycles. The molecule has 0 saturated carbocycles. The van der Waals surface area contributed by atoms with Crippen molar-refractivity contribution in [2.75, 3.05) is 6.61 Å². The minimum absolute atomic E-state index is 0.197. The van der Waals surface area contributed by atoms with Crippen LogP contribution in [0.25, 0.3) is 0 Å². The number of ether oxygens (including phenoxy) is 1. The summed E-state index contributed by atoms with van der Waals surface area (Å²) in [5.74, 6) is -0.344. The second kappa shape index (κ2) is 3.86. The topological polar surface area (TPSA) is 68.5 Å². The largest absolute Gasteiger partial charge is 0.464 e. The Kier molecular flexibility index (Phi) is 2.55. The molecule has 80 valence electrons. The van der Waals surface area contributed by atoms with Gasteiger partial charge in [0, 0.05) is 12.1 Å². The van der Waals surface area contributed by atoms with Crippen LogP contribution in [0.2, 0.25) is 0 Å². The first-order valence-corrected chi connectivity index (χ1v) is 4.70. The molecule has 0 bridgehead atoms. The SMILES string of the molecule is O=Cc1ccc(CO)n1[C@@H]1CCOC1=O. The maximum Gasteiger partial charge on any atom is 0.329 e. The van der Waals surface area contributed by atoms with E-state index in [0.29, 0.717) is 30.7 Å². The summed E-state index contributed by atoms with van der Waals surface area (Å²) >= 11 is 0. The Morgan fingerprint density at radius 2 is 2.40 bits per heavy atom. The summed E-state index contributed by atoms with van der Waals surface area (Å²) in [6.45, 7) is 0.169. The van der Waals surface area contributed by atoms with Crippen LogP contribution < -0.4 is 0 Å². The van der Waals surface area contributed by atoms with Crippen LogP contribution >= 0.6 is 0 Å². The van der Waals surface area contributed by atoms with Crippen LogP contribution in [-0.2, 0) is 16.1 Å². The van der Waals surface area contributed by atoms with Crippen molar-refractivity contribution in [2.24, 2.45) is 0 Å². The first kappa shape index (κ1) is 9.92. The molecule has 15 heavy (non-hydrogen) atoms. The third kappa shape index (κ3) is 1.55. The van der Waals surface area contributed by atoms with Crippen molar-refractivity contribution < 1.29 is 19.4 Å². The fraction of sp³-hybridized carbons (Fsp3) is 0.400. The van der Waals surface area contributed by atoms with Gasteiger partial charge in [0.15, 0.2) is 6.29 Å². The molecule has 0 unspecified atom stereocenters. The molecule has 0 amide bonds. The molecule has 5 nitrogen and oxygen atoms in total. The van der Waals surface area contributed by atoms with Gasteiger partial charge in [-0.3, -0.25) is 4.79 Å². The van der Waals surface area contributed by atoms with Gasteiger partial charge in [0.1, 0.15) is 6.04 Å². The normalized spacial score (nSPS) is 20.3. The standard InChI is InChI=1S/C10H11NO4/c12-5-7-1-2-8(6-13)11(7)9-3-4-15-10(9)14/h1-2,5,9,13H,3-4,6H2/t9-/m1/s1. The fourth-order valence-electron chi connectivity index (χ4n) is 1.83. The number of carbonyl (C=O) groups is 2. The number of cyclic esters (lactones) is 1. The Balaban J connectivity index is 2.43. The Morgan fingerprint density at radius 1 is 1.60 bits per heavy atom. The Morgan fingerprint density at radius 3 is 2.93 bits per heavy atom. The molecule has 1 fully saturated rings. The van der Waals surface area contributed by atoms with E-state index >= 15 is 0 Å². The molecule has 0 radical (unpaired) electrons. The molecule has 0 aliphatic carbocycles. The van der Waals surface area contributed by atoms with Gasteiger partial charge in [0.2, 0.25) is 0 Å². The molecule has 1 aromatic rings. The minimum Gasteiger partial charge on any atom is -0.464 e. The fourth-order valence-corrected chi connectivity index (χ4v) is 1.83. The van der Waals surface area contributed by atoms with Crippen molar-refractivity contribution in [1.82, 2.24) is 4.57 Å². The van der Waals surface area contributed by atoms with Gasteiger partial charge in [-0.05, 0) is 12.1 Å². The van der Waals surface area contributed by atoms with Crippen LogP contribution in [0.1, 0.15) is 28.6 Å². The maximum atomic E-state index is 11.4. The number of hydrogen-bond donors (Lipinski definition) is 1. The van der Waals surface area contributed by atoms with E-state index in [1.165, 1.54) is 0 Å². The highest BCUT2D eigenvalue weighted by Gasteiger charge is 2.30. The first-order chi connectivity index (χ1) is 7.27. The molecule has 1 N–H and O–H groups in total. The highest BCUT2D eigenvalue weighted by atomic mass is 16.5. The molecule has 2 rings (SSSR count). The summed E-state index contributed by atoms with van der Waals surface area (Å²) in [6, 6.07) is 2.75. The van der Waals surface area contributed by atoms with Gasteiger partial charge in [-0.2, -0.15) is 0 Å². The number of aliphatic hydroxyl groups excluding tert-OH is 1. The zero-order valence-corrected chi connectivity index (χ0v) is 8.05. The minimum atomic E-state index is -0.470. The van der Waals surface area contributed by atoms with Gasteiger partial charge in [0.05, 0.1) is 18.9 Å². The van der Waals surface area contributed by atoms with Gasteiger partial charge in [-0.25, -0.2) is 4.79 Å². The molecule has 2 heterocycles. The smallest absolute Gasteiger partial charge is 0.329 e. The molecule has 0 spiro atoms. The van der Waals surface area contributed by atoms with Gasteiger partial charge in [0.25, 0.3) is 0 Å².